The molecule has 0 saturated carbocycles. The zero-order chi connectivity index (χ0) is 11.6. The molecule has 1 aromatic heterocycles. The molecule has 1 heterocycles. The number of hydrogen-bond acceptors (Lipinski definition) is 3. The normalized spacial score (nSPS) is 11.6. The van der Waals surface area contributed by atoms with Crippen molar-refractivity contribution in [1.29, 1.82) is 0 Å². The molecule has 0 unspecified atom stereocenters. The van der Waals surface area contributed by atoms with Crippen molar-refractivity contribution in [3.8, 4) is 5.88 Å². The number of ether oxygens (including phenoxy) is 1. The predicted molar refractivity (Wildman–Crippen MR) is 48.8 cm³/mol. The first-order valence-electron chi connectivity index (χ1n) is 3.64. The highest BCUT2D eigenvalue weighted by Crippen LogP contribution is 2.30. The van der Waals surface area contributed by atoms with Gasteiger partial charge in [0.2, 0.25) is 5.88 Å². The molecule has 1 rings (SSSR count). The van der Waals surface area contributed by atoms with E-state index in [1.807, 2.05) is 0 Å². The molecule has 0 aromatic carbocycles. The topological polar surface area (TPSA) is 48.1 Å². The van der Waals surface area contributed by atoms with Crippen LogP contribution in [0.15, 0.2) is 6.07 Å². The number of aromatic nitrogens is 1. The van der Waals surface area contributed by atoms with E-state index in [-0.39, 0.29) is 22.3 Å². The quantitative estimate of drug-likeness (QED) is 0.832. The molecule has 0 atom stereocenters. The molecule has 84 valence electrons. The number of halogens is 5. The van der Waals surface area contributed by atoms with Crippen molar-refractivity contribution in [2.75, 3.05) is 0 Å². The molecule has 0 spiro atoms. The summed E-state index contributed by atoms with van der Waals surface area (Å²) in [5.74, 6) is -0.720. The molecule has 1 aromatic rings. The van der Waals surface area contributed by atoms with Crippen LogP contribution in [-0.4, -0.2) is 11.3 Å². The zero-order valence-electron chi connectivity index (χ0n) is 7.11. The molecule has 0 fully saturated rings. The smallest absolute Gasteiger partial charge is 0.387 e. The van der Waals surface area contributed by atoms with Crippen LogP contribution in [0.5, 0.6) is 5.88 Å². The molecule has 2 N–H and O–H groups in total. The van der Waals surface area contributed by atoms with Gasteiger partial charge in [-0.05, 0) is 6.07 Å². The van der Waals surface area contributed by atoms with Crippen LogP contribution in [0.3, 0.4) is 0 Å². The molecule has 3 nitrogen and oxygen atoms in total. The lowest BCUT2D eigenvalue weighted by Crippen LogP contribution is -2.20. The molecule has 0 aliphatic rings. The maximum atomic E-state index is 11.9. The van der Waals surface area contributed by atoms with Crippen LogP contribution >= 0.6 is 23.2 Å². The van der Waals surface area contributed by atoms with E-state index in [4.69, 9.17) is 28.9 Å². The van der Waals surface area contributed by atoms with E-state index < -0.39 is 12.2 Å². The summed E-state index contributed by atoms with van der Waals surface area (Å²) < 4.78 is 39.4. The fourth-order valence-electron chi connectivity index (χ4n) is 0.869. The van der Waals surface area contributed by atoms with Crippen LogP contribution in [-0.2, 0) is 6.54 Å². The molecule has 0 aliphatic carbocycles. The maximum Gasteiger partial charge on any atom is 0.574 e. The molecule has 0 aliphatic heterocycles. The average molecular weight is 261 g/mol. The van der Waals surface area contributed by atoms with Gasteiger partial charge in [-0.1, -0.05) is 23.2 Å². The fourth-order valence-corrected chi connectivity index (χ4v) is 1.37. The van der Waals surface area contributed by atoms with Crippen LogP contribution < -0.4 is 10.5 Å². The van der Waals surface area contributed by atoms with Crippen LogP contribution in [0.1, 0.15) is 5.56 Å². The third kappa shape index (κ3) is 3.40. The molecule has 0 bridgehead atoms. The van der Waals surface area contributed by atoms with Gasteiger partial charge in [0.1, 0.15) is 5.15 Å². The van der Waals surface area contributed by atoms with E-state index in [9.17, 15) is 13.2 Å². The number of pyridine rings is 1. The highest BCUT2D eigenvalue weighted by molar-refractivity contribution is 6.34. The molecule has 0 amide bonds. The lowest BCUT2D eigenvalue weighted by molar-refractivity contribution is -0.276. The van der Waals surface area contributed by atoms with E-state index in [0.717, 1.165) is 0 Å². The highest BCUT2D eigenvalue weighted by Gasteiger charge is 2.33. The first kappa shape index (κ1) is 12.4. The van der Waals surface area contributed by atoms with Crippen molar-refractivity contribution >= 4 is 23.2 Å². The van der Waals surface area contributed by atoms with Crippen molar-refractivity contribution in [2.24, 2.45) is 5.73 Å². The first-order valence-corrected chi connectivity index (χ1v) is 4.40. The van der Waals surface area contributed by atoms with Gasteiger partial charge in [-0.2, -0.15) is 0 Å². The summed E-state index contributed by atoms with van der Waals surface area (Å²) in [5, 5.41) is -0.215. The van der Waals surface area contributed by atoms with Gasteiger partial charge in [-0.25, -0.2) is 4.98 Å². The molecule has 0 saturated heterocycles. The lowest BCUT2D eigenvalue weighted by atomic mass is 10.3. The van der Waals surface area contributed by atoms with Gasteiger partial charge in [0.15, 0.2) is 0 Å². The van der Waals surface area contributed by atoms with Crippen LogP contribution in [0.4, 0.5) is 13.2 Å². The molecule has 0 radical (unpaired) electrons. The van der Waals surface area contributed by atoms with Gasteiger partial charge in [-0.15, -0.1) is 13.2 Å². The summed E-state index contributed by atoms with van der Waals surface area (Å²) in [4.78, 5) is 3.35. The number of alkyl halides is 3. The van der Waals surface area contributed by atoms with Crippen molar-refractivity contribution < 1.29 is 17.9 Å². The van der Waals surface area contributed by atoms with Crippen LogP contribution in [0.25, 0.3) is 0 Å². The summed E-state index contributed by atoms with van der Waals surface area (Å²) in [6, 6.07) is 1.19. The van der Waals surface area contributed by atoms with Gasteiger partial charge < -0.3 is 10.5 Å². The Morgan fingerprint density at radius 1 is 1.40 bits per heavy atom. The Kier molecular flexibility index (Phi) is 3.64. The first-order chi connectivity index (χ1) is 6.83. The number of hydrogen-bond donors (Lipinski definition) is 1. The summed E-state index contributed by atoms with van der Waals surface area (Å²) in [6.45, 7) is -0.228. The number of nitrogens with two attached hydrogens (primary N) is 1. The Morgan fingerprint density at radius 3 is 2.47 bits per heavy atom. The molecular formula is C7H5Cl2F3N2O. The van der Waals surface area contributed by atoms with E-state index >= 15 is 0 Å². The summed E-state index contributed by atoms with van der Waals surface area (Å²) in [7, 11) is 0. The van der Waals surface area contributed by atoms with Gasteiger partial charge in [0, 0.05) is 12.1 Å². The second kappa shape index (κ2) is 4.42. The van der Waals surface area contributed by atoms with Gasteiger partial charge >= 0.3 is 6.36 Å². The van der Waals surface area contributed by atoms with Crippen LogP contribution in [0.2, 0.25) is 10.2 Å². The molecule has 8 heteroatoms. The average Bonchev–Trinajstić information content (AvgIpc) is 1.99. The van der Waals surface area contributed by atoms with Crippen LogP contribution in [0, 0.1) is 0 Å². The third-order valence-electron chi connectivity index (χ3n) is 1.42. The maximum absolute atomic E-state index is 11.9. The summed E-state index contributed by atoms with van der Waals surface area (Å²) in [6.07, 6.45) is -4.86. The minimum atomic E-state index is -4.86. The Bertz CT molecular complexity index is 370. The van der Waals surface area contributed by atoms with Crippen molar-refractivity contribution in [1.82, 2.24) is 4.98 Å². The Hall–Kier alpha value is -0.720. The molecule has 15 heavy (non-hydrogen) atoms. The highest BCUT2D eigenvalue weighted by atomic mass is 35.5. The second-order valence-corrected chi connectivity index (χ2v) is 3.26. The van der Waals surface area contributed by atoms with Crippen molar-refractivity contribution in [2.45, 2.75) is 12.9 Å². The Labute approximate surface area is 92.9 Å². The van der Waals surface area contributed by atoms with Gasteiger partial charge in [-0.3, -0.25) is 0 Å². The number of nitrogens with zero attached hydrogens (tertiary/aromatic N) is 1. The standard InChI is InChI=1S/C7H5Cl2F3N2O/c8-4-1-5(9)14-6(3(4)2-13)15-7(10,11)12/h1H,2,13H2. The van der Waals surface area contributed by atoms with Crippen molar-refractivity contribution in [3.63, 3.8) is 0 Å². The van der Waals surface area contributed by atoms with Gasteiger partial charge in [0.05, 0.1) is 5.02 Å². The summed E-state index contributed by atoms with van der Waals surface area (Å²) in [5.41, 5.74) is 5.16. The second-order valence-electron chi connectivity index (χ2n) is 2.46. The Balaban J connectivity index is 3.15. The summed E-state index contributed by atoms with van der Waals surface area (Å²) >= 11 is 11.0. The predicted octanol–water partition coefficient (Wildman–Crippen LogP) is 2.75. The van der Waals surface area contributed by atoms with E-state index in [0.29, 0.717) is 0 Å². The van der Waals surface area contributed by atoms with Gasteiger partial charge in [0.25, 0.3) is 0 Å². The van der Waals surface area contributed by atoms with Crippen molar-refractivity contribution in [3.05, 3.63) is 21.8 Å². The minimum absolute atomic E-state index is 0.0169. The Morgan fingerprint density at radius 2 is 2.00 bits per heavy atom. The zero-order valence-corrected chi connectivity index (χ0v) is 8.62. The largest absolute Gasteiger partial charge is 0.574 e. The third-order valence-corrected chi connectivity index (χ3v) is 1.95. The minimum Gasteiger partial charge on any atom is -0.387 e. The lowest BCUT2D eigenvalue weighted by Gasteiger charge is -2.12. The number of rotatable bonds is 2. The van der Waals surface area contributed by atoms with E-state index in [1.54, 1.807) is 0 Å². The SMILES string of the molecule is NCc1c(Cl)cc(Cl)nc1OC(F)(F)F. The fraction of sp³-hybridized carbons (Fsp3) is 0.286. The molecular weight excluding hydrogens is 256 g/mol. The van der Waals surface area contributed by atoms with E-state index in [1.165, 1.54) is 6.07 Å². The monoisotopic (exact) mass is 260 g/mol. The van der Waals surface area contributed by atoms with E-state index in [2.05, 4.69) is 9.72 Å².